The minimum Gasteiger partial charge on any atom is -0.508 e. The van der Waals surface area contributed by atoms with Crippen molar-refractivity contribution in [1.29, 1.82) is 0 Å². The van der Waals surface area contributed by atoms with Crippen LogP contribution in [0, 0.1) is 13.8 Å². The third kappa shape index (κ3) is 1.50. The summed E-state index contributed by atoms with van der Waals surface area (Å²) in [5.74, 6) is 0.113. The highest BCUT2D eigenvalue weighted by molar-refractivity contribution is 6.07. The van der Waals surface area contributed by atoms with Gasteiger partial charge in [-0.3, -0.25) is 0 Å². The monoisotopic (exact) mass is 255 g/mol. The molecule has 3 rings (SSSR count). The molecular formula is C15H13NO3. The molecule has 0 fully saturated rings. The first-order chi connectivity index (χ1) is 9.00. The fourth-order valence-corrected chi connectivity index (χ4v) is 2.38. The Kier molecular flexibility index (Phi) is 2.29. The zero-order chi connectivity index (χ0) is 13.7. The van der Waals surface area contributed by atoms with Crippen LogP contribution in [-0.4, -0.2) is 5.11 Å². The minimum absolute atomic E-state index is 0.113. The second-order valence-corrected chi connectivity index (χ2v) is 4.68. The van der Waals surface area contributed by atoms with Crippen LogP contribution in [0.5, 0.6) is 5.75 Å². The molecule has 3 N–H and O–H groups in total. The molecule has 0 aliphatic carbocycles. The summed E-state index contributed by atoms with van der Waals surface area (Å²) in [5.41, 5.74) is 7.67. The molecule has 0 aliphatic rings. The highest BCUT2D eigenvalue weighted by Gasteiger charge is 2.13. The Morgan fingerprint density at radius 1 is 1.05 bits per heavy atom. The lowest BCUT2D eigenvalue weighted by atomic mass is 10.0. The van der Waals surface area contributed by atoms with Crippen molar-refractivity contribution in [3.8, 4) is 5.75 Å². The molecule has 0 unspecified atom stereocenters. The normalized spacial score (nSPS) is 11.3. The van der Waals surface area contributed by atoms with E-state index in [1.54, 1.807) is 32.0 Å². The van der Waals surface area contributed by atoms with Crippen LogP contribution in [0.1, 0.15) is 11.1 Å². The summed E-state index contributed by atoms with van der Waals surface area (Å²) in [5, 5.41) is 11.8. The Bertz CT molecular complexity index is 878. The number of fused-ring (bicyclic) bond motifs is 3. The summed E-state index contributed by atoms with van der Waals surface area (Å²) in [7, 11) is 0. The average Bonchev–Trinajstić information content (AvgIpc) is 2.38. The molecule has 0 atom stereocenters. The second-order valence-electron chi connectivity index (χ2n) is 4.68. The number of hydrogen-bond acceptors (Lipinski definition) is 4. The molecule has 1 heterocycles. The quantitative estimate of drug-likeness (QED) is 0.368. The van der Waals surface area contributed by atoms with E-state index in [9.17, 15) is 9.90 Å². The molecule has 0 aliphatic heterocycles. The molecule has 3 aromatic rings. The van der Waals surface area contributed by atoms with Gasteiger partial charge in [-0.15, -0.1) is 0 Å². The van der Waals surface area contributed by atoms with Crippen molar-refractivity contribution in [2.75, 3.05) is 5.73 Å². The topological polar surface area (TPSA) is 76.5 Å². The van der Waals surface area contributed by atoms with E-state index in [2.05, 4.69) is 0 Å². The molecule has 0 bridgehead atoms. The van der Waals surface area contributed by atoms with Gasteiger partial charge >= 0.3 is 5.63 Å². The first-order valence-electron chi connectivity index (χ1n) is 5.95. The van der Waals surface area contributed by atoms with Crippen LogP contribution in [0.15, 0.2) is 33.5 Å². The van der Waals surface area contributed by atoms with Gasteiger partial charge in [0.25, 0.3) is 0 Å². The summed E-state index contributed by atoms with van der Waals surface area (Å²) >= 11 is 0. The lowest BCUT2D eigenvalue weighted by molar-refractivity contribution is 0.468. The Labute approximate surface area is 109 Å². The Morgan fingerprint density at radius 3 is 2.47 bits per heavy atom. The smallest absolute Gasteiger partial charge is 0.344 e. The van der Waals surface area contributed by atoms with Gasteiger partial charge in [0.15, 0.2) is 0 Å². The number of aromatic hydroxyl groups is 1. The molecule has 2 aromatic carbocycles. The number of benzene rings is 2. The number of aryl methyl sites for hydroxylation is 2. The molecule has 0 spiro atoms. The molecule has 0 saturated carbocycles. The number of rotatable bonds is 0. The van der Waals surface area contributed by atoms with E-state index >= 15 is 0 Å². The molecule has 96 valence electrons. The van der Waals surface area contributed by atoms with Crippen LogP contribution in [0.25, 0.3) is 21.7 Å². The maximum absolute atomic E-state index is 12.1. The van der Waals surface area contributed by atoms with Gasteiger partial charge in [-0.25, -0.2) is 4.79 Å². The molecule has 0 amide bonds. The van der Waals surface area contributed by atoms with Crippen molar-refractivity contribution in [3.63, 3.8) is 0 Å². The summed E-state index contributed by atoms with van der Waals surface area (Å²) in [6, 6.07) is 6.94. The summed E-state index contributed by atoms with van der Waals surface area (Å²) < 4.78 is 5.35. The van der Waals surface area contributed by atoms with Crippen LogP contribution in [-0.2, 0) is 0 Å². The van der Waals surface area contributed by atoms with E-state index < -0.39 is 5.63 Å². The van der Waals surface area contributed by atoms with Crippen molar-refractivity contribution in [3.05, 3.63) is 45.8 Å². The number of phenolic OH excluding ortho intramolecular Hbond substituents is 1. The van der Waals surface area contributed by atoms with Gasteiger partial charge in [0.2, 0.25) is 0 Å². The average molecular weight is 255 g/mol. The fourth-order valence-electron chi connectivity index (χ4n) is 2.38. The highest BCUT2D eigenvalue weighted by atomic mass is 16.4. The fraction of sp³-hybridized carbons (Fsp3) is 0.133. The molecule has 0 radical (unpaired) electrons. The van der Waals surface area contributed by atoms with Crippen molar-refractivity contribution in [2.45, 2.75) is 13.8 Å². The molecule has 19 heavy (non-hydrogen) atoms. The number of phenols is 1. The van der Waals surface area contributed by atoms with Crippen molar-refractivity contribution < 1.29 is 9.52 Å². The Hall–Kier alpha value is -2.49. The van der Waals surface area contributed by atoms with Gasteiger partial charge in [0, 0.05) is 22.0 Å². The van der Waals surface area contributed by atoms with Gasteiger partial charge < -0.3 is 15.3 Å². The van der Waals surface area contributed by atoms with E-state index in [0.29, 0.717) is 22.2 Å². The van der Waals surface area contributed by atoms with Crippen LogP contribution < -0.4 is 11.4 Å². The first-order valence-corrected chi connectivity index (χ1v) is 5.95. The third-order valence-corrected chi connectivity index (χ3v) is 3.57. The highest BCUT2D eigenvalue weighted by Crippen LogP contribution is 2.32. The van der Waals surface area contributed by atoms with Crippen molar-refractivity contribution >= 4 is 27.4 Å². The lowest BCUT2D eigenvalue weighted by Gasteiger charge is -2.09. The molecule has 4 nitrogen and oxygen atoms in total. The van der Waals surface area contributed by atoms with E-state index in [1.165, 1.54) is 0 Å². The van der Waals surface area contributed by atoms with Gasteiger partial charge in [-0.1, -0.05) is 6.07 Å². The molecule has 0 saturated heterocycles. The van der Waals surface area contributed by atoms with Crippen LogP contribution in [0.3, 0.4) is 0 Å². The van der Waals surface area contributed by atoms with E-state index in [-0.39, 0.29) is 5.75 Å². The maximum Gasteiger partial charge on any atom is 0.344 e. The third-order valence-electron chi connectivity index (χ3n) is 3.57. The van der Waals surface area contributed by atoms with Gasteiger partial charge in [-0.05, 0) is 37.6 Å². The predicted octanol–water partition coefficient (Wildman–Crippen LogP) is 2.85. The lowest BCUT2D eigenvalue weighted by Crippen LogP contribution is -2.04. The van der Waals surface area contributed by atoms with Gasteiger partial charge in [0.05, 0.1) is 5.39 Å². The van der Waals surface area contributed by atoms with Crippen LogP contribution in [0.4, 0.5) is 5.69 Å². The summed E-state index contributed by atoms with van der Waals surface area (Å²) in [6.07, 6.45) is 0. The van der Waals surface area contributed by atoms with Crippen molar-refractivity contribution in [2.24, 2.45) is 0 Å². The number of anilines is 1. The van der Waals surface area contributed by atoms with Crippen LogP contribution in [0.2, 0.25) is 0 Å². The zero-order valence-corrected chi connectivity index (χ0v) is 10.7. The SMILES string of the molecule is Cc1c(O)ccc2c1oc(=O)c1c(C)c(N)ccc12. The van der Waals surface area contributed by atoms with Crippen LogP contribution >= 0.6 is 0 Å². The van der Waals surface area contributed by atoms with Gasteiger partial charge in [0.1, 0.15) is 11.3 Å². The molecular weight excluding hydrogens is 242 g/mol. The van der Waals surface area contributed by atoms with E-state index in [1.807, 2.05) is 6.07 Å². The van der Waals surface area contributed by atoms with Crippen molar-refractivity contribution in [1.82, 2.24) is 0 Å². The van der Waals surface area contributed by atoms with E-state index in [0.717, 1.165) is 16.3 Å². The number of nitrogen functional groups attached to an aromatic ring is 1. The number of hydrogen-bond donors (Lipinski definition) is 2. The maximum atomic E-state index is 12.1. The zero-order valence-electron chi connectivity index (χ0n) is 10.7. The second kappa shape index (κ2) is 3.75. The minimum atomic E-state index is -0.430. The number of nitrogens with two attached hydrogens (primary N) is 1. The molecule has 4 heteroatoms. The van der Waals surface area contributed by atoms with Gasteiger partial charge in [-0.2, -0.15) is 0 Å². The molecule has 1 aromatic heterocycles. The Balaban J connectivity index is 2.67. The summed E-state index contributed by atoms with van der Waals surface area (Å²) in [6.45, 7) is 3.52. The first kappa shape index (κ1) is 11.6. The summed E-state index contributed by atoms with van der Waals surface area (Å²) in [4.78, 5) is 12.1. The van der Waals surface area contributed by atoms with E-state index in [4.69, 9.17) is 10.2 Å². The largest absolute Gasteiger partial charge is 0.508 e. The predicted molar refractivity (Wildman–Crippen MR) is 75.5 cm³/mol. The Morgan fingerprint density at radius 2 is 1.74 bits per heavy atom. The standard InChI is InChI=1S/C15H13NO3/c1-7-11(16)5-3-9-10-4-6-12(17)8(2)14(10)19-15(18)13(7)9/h3-6,17H,16H2,1-2H3.